The van der Waals surface area contributed by atoms with Crippen LogP contribution in [0.3, 0.4) is 0 Å². The molecule has 1 aromatic heterocycles. The summed E-state index contributed by atoms with van der Waals surface area (Å²) in [6.45, 7) is 2.23. The Balaban J connectivity index is 1.79. The van der Waals surface area contributed by atoms with Crippen LogP contribution in [0.15, 0.2) is 0 Å². The fourth-order valence-electron chi connectivity index (χ4n) is 3.58. The highest BCUT2D eigenvalue weighted by atomic mass is 32.1. The average molecular weight is 380 g/mol. The Kier molecular flexibility index (Phi) is 9.16. The van der Waals surface area contributed by atoms with Crippen molar-refractivity contribution in [1.29, 1.82) is 0 Å². The van der Waals surface area contributed by atoms with Crippen LogP contribution in [0.2, 0.25) is 0 Å². The number of nitrogens with one attached hydrogen (secondary N) is 1. The first kappa shape index (κ1) is 20.9. The van der Waals surface area contributed by atoms with E-state index < -0.39 is 0 Å². The molecule has 0 unspecified atom stereocenters. The van der Waals surface area contributed by atoms with E-state index in [-0.39, 0.29) is 11.9 Å². The molecule has 0 saturated carbocycles. The smallest absolute Gasteiger partial charge is 0.341 e. The lowest BCUT2D eigenvalue weighted by atomic mass is 9.95. The summed E-state index contributed by atoms with van der Waals surface area (Å²) in [5.41, 5.74) is 1.69. The van der Waals surface area contributed by atoms with E-state index in [1.165, 1.54) is 50.5 Å². The number of fused-ring (bicyclic) bond motifs is 1. The van der Waals surface area contributed by atoms with Gasteiger partial charge < -0.3 is 10.1 Å². The summed E-state index contributed by atoms with van der Waals surface area (Å²) in [5, 5.41) is 3.67. The number of anilines is 1. The summed E-state index contributed by atoms with van der Waals surface area (Å²) in [7, 11) is 1.40. The highest BCUT2D eigenvalue weighted by Gasteiger charge is 2.26. The number of methoxy groups -OCH3 is 1. The van der Waals surface area contributed by atoms with Crippen molar-refractivity contribution in [2.45, 2.75) is 90.4 Å². The van der Waals surface area contributed by atoms with E-state index in [9.17, 15) is 9.59 Å². The van der Waals surface area contributed by atoms with Gasteiger partial charge in [0.25, 0.3) is 0 Å². The molecule has 26 heavy (non-hydrogen) atoms. The van der Waals surface area contributed by atoms with Gasteiger partial charge in [-0.05, 0) is 37.7 Å². The largest absolute Gasteiger partial charge is 0.465 e. The normalized spacial score (nSPS) is 13.3. The molecule has 2 rings (SSSR count). The standard InChI is InChI=1S/C21H33NO3S/c1-3-4-5-6-7-8-9-10-15-18(23)22-20-19(21(24)25-2)16-13-11-12-14-17(16)26-20/h3-15H2,1-2H3,(H,22,23). The fraction of sp³-hybridized carbons (Fsp3) is 0.714. The lowest BCUT2D eigenvalue weighted by molar-refractivity contribution is -0.116. The summed E-state index contributed by atoms with van der Waals surface area (Å²) in [4.78, 5) is 25.7. The van der Waals surface area contributed by atoms with E-state index in [0.29, 0.717) is 17.0 Å². The number of carbonyl (C=O) groups is 2. The molecule has 1 aliphatic rings. The first-order valence-corrected chi connectivity index (χ1v) is 11.0. The molecule has 5 heteroatoms. The highest BCUT2D eigenvalue weighted by molar-refractivity contribution is 7.17. The molecular weight excluding hydrogens is 346 g/mol. The molecule has 146 valence electrons. The minimum absolute atomic E-state index is 0.0136. The predicted octanol–water partition coefficient (Wildman–Crippen LogP) is 5.88. The van der Waals surface area contributed by atoms with Crippen LogP contribution in [-0.4, -0.2) is 19.0 Å². The maximum atomic E-state index is 12.3. The third-order valence-electron chi connectivity index (χ3n) is 5.07. The van der Waals surface area contributed by atoms with E-state index in [0.717, 1.165) is 44.1 Å². The molecule has 0 bridgehead atoms. The Hall–Kier alpha value is -1.36. The summed E-state index contributed by atoms with van der Waals surface area (Å²) < 4.78 is 4.95. The van der Waals surface area contributed by atoms with Gasteiger partial charge in [0, 0.05) is 11.3 Å². The van der Waals surface area contributed by atoms with Crippen LogP contribution < -0.4 is 5.32 Å². The molecular formula is C21H33NO3S. The molecule has 0 fully saturated rings. The van der Waals surface area contributed by atoms with Crippen LogP contribution in [0.25, 0.3) is 0 Å². The van der Waals surface area contributed by atoms with Crippen LogP contribution in [-0.2, 0) is 22.4 Å². The van der Waals surface area contributed by atoms with Crippen molar-refractivity contribution in [3.63, 3.8) is 0 Å². The Morgan fingerprint density at radius 1 is 1.00 bits per heavy atom. The molecule has 1 amide bonds. The van der Waals surface area contributed by atoms with Gasteiger partial charge in [0.1, 0.15) is 5.00 Å². The second-order valence-electron chi connectivity index (χ2n) is 7.18. The zero-order valence-corrected chi connectivity index (χ0v) is 17.1. The molecule has 4 nitrogen and oxygen atoms in total. The average Bonchev–Trinajstić information content (AvgIpc) is 3.01. The van der Waals surface area contributed by atoms with Crippen LogP contribution in [0.1, 0.15) is 98.4 Å². The molecule has 0 spiro atoms. The van der Waals surface area contributed by atoms with Crippen molar-refractivity contribution < 1.29 is 14.3 Å². The van der Waals surface area contributed by atoms with Crippen molar-refractivity contribution in [2.24, 2.45) is 0 Å². The van der Waals surface area contributed by atoms with Crippen molar-refractivity contribution in [2.75, 3.05) is 12.4 Å². The number of esters is 1. The number of hydrogen-bond donors (Lipinski definition) is 1. The van der Waals surface area contributed by atoms with Crippen LogP contribution in [0, 0.1) is 0 Å². The van der Waals surface area contributed by atoms with Gasteiger partial charge in [-0.15, -0.1) is 11.3 Å². The first-order valence-electron chi connectivity index (χ1n) is 10.2. The van der Waals surface area contributed by atoms with Gasteiger partial charge in [0.15, 0.2) is 0 Å². The Morgan fingerprint density at radius 2 is 1.65 bits per heavy atom. The number of carbonyl (C=O) groups excluding carboxylic acids is 2. The molecule has 0 radical (unpaired) electrons. The first-order chi connectivity index (χ1) is 12.7. The van der Waals surface area contributed by atoms with E-state index in [1.807, 2.05) is 0 Å². The predicted molar refractivity (Wildman–Crippen MR) is 108 cm³/mol. The number of unbranched alkanes of at least 4 members (excludes halogenated alkanes) is 7. The van der Waals surface area contributed by atoms with Gasteiger partial charge in [-0.2, -0.15) is 0 Å². The molecule has 1 N–H and O–H groups in total. The van der Waals surface area contributed by atoms with Crippen molar-refractivity contribution in [3.05, 3.63) is 16.0 Å². The second-order valence-corrected chi connectivity index (χ2v) is 8.28. The molecule has 1 aliphatic carbocycles. The maximum absolute atomic E-state index is 12.3. The third kappa shape index (κ3) is 6.11. The van der Waals surface area contributed by atoms with Crippen LogP contribution in [0.5, 0.6) is 0 Å². The van der Waals surface area contributed by atoms with Gasteiger partial charge in [0.05, 0.1) is 12.7 Å². The van der Waals surface area contributed by atoms with Crippen molar-refractivity contribution in [3.8, 4) is 0 Å². The lowest BCUT2D eigenvalue weighted by Gasteiger charge is -2.11. The summed E-state index contributed by atoms with van der Waals surface area (Å²) in [6, 6.07) is 0. The second kappa shape index (κ2) is 11.4. The van der Waals surface area contributed by atoms with Gasteiger partial charge in [-0.3, -0.25) is 4.79 Å². The number of amides is 1. The molecule has 1 heterocycles. The minimum atomic E-state index is -0.327. The van der Waals surface area contributed by atoms with Crippen LogP contribution >= 0.6 is 11.3 Å². The monoisotopic (exact) mass is 379 g/mol. The maximum Gasteiger partial charge on any atom is 0.341 e. The number of ether oxygens (including phenoxy) is 1. The number of hydrogen-bond acceptors (Lipinski definition) is 4. The Bertz CT molecular complexity index is 594. The zero-order valence-electron chi connectivity index (χ0n) is 16.3. The highest BCUT2D eigenvalue weighted by Crippen LogP contribution is 2.38. The van der Waals surface area contributed by atoms with Gasteiger partial charge in [-0.25, -0.2) is 4.79 Å². The summed E-state index contributed by atoms with van der Waals surface area (Å²) in [5.74, 6) is -0.313. The zero-order chi connectivity index (χ0) is 18.8. The molecule has 0 saturated heterocycles. The number of rotatable bonds is 11. The van der Waals surface area contributed by atoms with E-state index in [1.54, 1.807) is 11.3 Å². The SMILES string of the molecule is CCCCCCCCCCC(=O)Nc1sc2c(c1C(=O)OC)CCCC2. The van der Waals surface area contributed by atoms with E-state index in [4.69, 9.17) is 4.74 Å². The molecule has 0 aliphatic heterocycles. The number of thiophene rings is 1. The van der Waals surface area contributed by atoms with Gasteiger partial charge in [-0.1, -0.05) is 51.9 Å². The third-order valence-corrected chi connectivity index (χ3v) is 6.28. The lowest BCUT2D eigenvalue weighted by Crippen LogP contribution is -2.14. The fourth-order valence-corrected chi connectivity index (χ4v) is 4.87. The van der Waals surface area contributed by atoms with E-state index in [2.05, 4.69) is 12.2 Å². The quantitative estimate of drug-likeness (QED) is 0.386. The molecule has 1 aromatic rings. The van der Waals surface area contributed by atoms with Crippen molar-refractivity contribution in [1.82, 2.24) is 0 Å². The minimum Gasteiger partial charge on any atom is -0.465 e. The topological polar surface area (TPSA) is 55.4 Å². The van der Waals surface area contributed by atoms with E-state index >= 15 is 0 Å². The van der Waals surface area contributed by atoms with Gasteiger partial charge in [0.2, 0.25) is 5.91 Å². The molecule has 0 aromatic carbocycles. The number of aryl methyl sites for hydroxylation is 1. The summed E-state index contributed by atoms with van der Waals surface area (Å²) >= 11 is 1.56. The Morgan fingerprint density at radius 3 is 2.35 bits per heavy atom. The summed E-state index contributed by atoms with van der Waals surface area (Å²) in [6.07, 6.45) is 14.4. The van der Waals surface area contributed by atoms with Gasteiger partial charge >= 0.3 is 5.97 Å². The Labute approximate surface area is 161 Å². The molecule has 0 atom stereocenters. The van der Waals surface area contributed by atoms with Crippen molar-refractivity contribution >= 4 is 28.2 Å². The van der Waals surface area contributed by atoms with Crippen LogP contribution in [0.4, 0.5) is 5.00 Å².